The van der Waals surface area contributed by atoms with Crippen LogP contribution in [0.15, 0.2) is 60.7 Å². The fourth-order valence-corrected chi connectivity index (χ4v) is 2.58. The smallest absolute Gasteiger partial charge is 1.00 e. The summed E-state index contributed by atoms with van der Waals surface area (Å²) in [5.41, 5.74) is 2.58. The molecule has 1 saturated heterocycles. The van der Waals surface area contributed by atoms with Gasteiger partial charge >= 0.3 is 29.6 Å². The molecule has 1 aliphatic rings. The molecule has 2 nitrogen and oxygen atoms in total. The molecule has 0 aromatic heterocycles. The Hall–Kier alpha value is -0.640. The number of aliphatic hydroxyl groups is 1. The number of hydrogen-bond acceptors (Lipinski definition) is 2. The number of nitrogens with zero attached hydrogens (tertiary/aromatic N) is 1. The van der Waals surface area contributed by atoms with Gasteiger partial charge in [-0.25, -0.2) is 0 Å². The van der Waals surface area contributed by atoms with Crippen molar-refractivity contribution in [3.05, 3.63) is 71.8 Å². The van der Waals surface area contributed by atoms with Crippen molar-refractivity contribution >= 4 is 0 Å². The van der Waals surface area contributed by atoms with Gasteiger partial charge in [0.25, 0.3) is 0 Å². The van der Waals surface area contributed by atoms with Crippen molar-refractivity contribution < 1.29 is 36.1 Å². The van der Waals surface area contributed by atoms with Crippen LogP contribution in [0, 0.1) is 0 Å². The molecule has 2 aromatic rings. The molecule has 94 valence electrons. The molecule has 0 saturated carbocycles. The van der Waals surface area contributed by atoms with Crippen LogP contribution >= 0.6 is 0 Å². The van der Waals surface area contributed by atoms with Crippen molar-refractivity contribution in [3.63, 3.8) is 0 Å². The average molecular weight is 263 g/mol. The Morgan fingerprint density at radius 3 is 1.68 bits per heavy atom. The molecule has 3 rings (SSSR count). The van der Waals surface area contributed by atoms with Gasteiger partial charge in [-0.1, -0.05) is 60.7 Å². The van der Waals surface area contributed by atoms with Gasteiger partial charge < -0.3 is 6.53 Å². The first-order valence-electron chi connectivity index (χ1n) is 6.36. The summed E-state index contributed by atoms with van der Waals surface area (Å²) in [6.45, 7) is 1.52. The van der Waals surface area contributed by atoms with Crippen LogP contribution in [-0.2, 0) is 0 Å². The Kier molecular flexibility index (Phi) is 5.20. The van der Waals surface area contributed by atoms with Crippen molar-refractivity contribution in [2.75, 3.05) is 13.1 Å². The zero-order chi connectivity index (χ0) is 12.4. The van der Waals surface area contributed by atoms with E-state index in [0.29, 0.717) is 0 Å². The van der Waals surface area contributed by atoms with E-state index < -0.39 is 0 Å². The molecule has 0 radical (unpaired) electrons. The molecule has 1 N–H and O–H groups in total. The van der Waals surface area contributed by atoms with E-state index in [2.05, 4.69) is 53.4 Å². The number of aliphatic hydroxyl groups excluding tert-OH is 1. The molecular formula is C16H18NNaO. The monoisotopic (exact) mass is 263 g/mol. The number of likely N-dealkylation sites (tertiary alicyclic amines) is 1. The van der Waals surface area contributed by atoms with Gasteiger partial charge in [-0.3, -0.25) is 4.90 Å². The summed E-state index contributed by atoms with van der Waals surface area (Å²) >= 11 is 0. The molecular weight excluding hydrogens is 245 g/mol. The maximum absolute atomic E-state index is 9.52. The van der Waals surface area contributed by atoms with Gasteiger partial charge in [-0.05, 0) is 11.1 Å². The SMILES string of the molecule is OC1CN(C(c2ccccc2)c2ccccc2)C1.[H-].[Na+]. The maximum atomic E-state index is 9.52. The molecule has 0 amide bonds. The molecule has 0 aliphatic carbocycles. The zero-order valence-corrected chi connectivity index (χ0v) is 13.2. The third-order valence-electron chi connectivity index (χ3n) is 3.49. The summed E-state index contributed by atoms with van der Waals surface area (Å²) in [5, 5.41) is 9.52. The van der Waals surface area contributed by atoms with Crippen molar-refractivity contribution in [3.8, 4) is 0 Å². The van der Waals surface area contributed by atoms with E-state index in [0.717, 1.165) is 13.1 Å². The summed E-state index contributed by atoms with van der Waals surface area (Å²) in [5.74, 6) is 0. The second kappa shape index (κ2) is 6.69. The summed E-state index contributed by atoms with van der Waals surface area (Å²) in [6, 6.07) is 21.2. The first-order valence-corrected chi connectivity index (χ1v) is 6.36. The first kappa shape index (κ1) is 14.8. The normalized spacial score (nSPS) is 15.9. The molecule has 3 heteroatoms. The fraction of sp³-hybridized carbons (Fsp3) is 0.250. The summed E-state index contributed by atoms with van der Waals surface area (Å²) in [6.07, 6.45) is -0.167. The quantitative estimate of drug-likeness (QED) is 0.760. The second-order valence-electron chi connectivity index (χ2n) is 4.83. The van der Waals surface area contributed by atoms with Crippen LogP contribution in [0.25, 0.3) is 0 Å². The van der Waals surface area contributed by atoms with E-state index in [1.165, 1.54) is 11.1 Å². The van der Waals surface area contributed by atoms with Gasteiger partial charge in [-0.15, -0.1) is 0 Å². The number of hydrogen-bond donors (Lipinski definition) is 1. The Morgan fingerprint density at radius 1 is 0.895 bits per heavy atom. The largest absolute Gasteiger partial charge is 1.00 e. The van der Waals surface area contributed by atoms with E-state index in [-0.39, 0.29) is 43.1 Å². The van der Waals surface area contributed by atoms with E-state index in [1.54, 1.807) is 0 Å². The minimum atomic E-state index is -0.167. The molecule has 0 atom stereocenters. The van der Waals surface area contributed by atoms with Crippen LogP contribution in [-0.4, -0.2) is 29.2 Å². The van der Waals surface area contributed by atoms with Crippen molar-refractivity contribution in [2.24, 2.45) is 0 Å². The van der Waals surface area contributed by atoms with Crippen LogP contribution in [0.5, 0.6) is 0 Å². The van der Waals surface area contributed by atoms with E-state index in [4.69, 9.17) is 0 Å². The third-order valence-corrected chi connectivity index (χ3v) is 3.49. The summed E-state index contributed by atoms with van der Waals surface area (Å²) in [7, 11) is 0. The van der Waals surface area contributed by atoms with Crippen LogP contribution in [0.3, 0.4) is 0 Å². The van der Waals surface area contributed by atoms with E-state index in [1.807, 2.05) is 12.1 Å². The molecule has 0 spiro atoms. The van der Waals surface area contributed by atoms with Crippen LogP contribution in [0.4, 0.5) is 0 Å². The summed E-state index contributed by atoms with van der Waals surface area (Å²) in [4.78, 5) is 2.31. The third kappa shape index (κ3) is 3.28. The van der Waals surface area contributed by atoms with Gasteiger partial charge in [0.15, 0.2) is 0 Å². The van der Waals surface area contributed by atoms with Gasteiger partial charge in [-0.2, -0.15) is 0 Å². The van der Waals surface area contributed by atoms with Crippen LogP contribution in [0.1, 0.15) is 18.6 Å². The van der Waals surface area contributed by atoms with Crippen molar-refractivity contribution in [1.82, 2.24) is 4.90 Å². The molecule has 0 unspecified atom stereocenters. The molecule has 1 fully saturated rings. The zero-order valence-electron chi connectivity index (χ0n) is 12.2. The molecule has 19 heavy (non-hydrogen) atoms. The number of β-amino-alcohol motifs (C(OH)–C–C–N with tert-alkyl or cyclic N) is 1. The van der Waals surface area contributed by atoms with Gasteiger partial charge in [0.1, 0.15) is 0 Å². The topological polar surface area (TPSA) is 23.5 Å². The second-order valence-corrected chi connectivity index (χ2v) is 4.83. The standard InChI is InChI=1S/C16H17NO.Na.H/c18-15-11-17(12-15)16(13-7-3-1-4-8-13)14-9-5-2-6-10-14;;/h1-10,15-16,18H,11-12H2;;/q;+1;-1. The van der Waals surface area contributed by atoms with Crippen LogP contribution < -0.4 is 29.6 Å². The number of rotatable bonds is 3. The van der Waals surface area contributed by atoms with Gasteiger partial charge in [0.2, 0.25) is 0 Å². The van der Waals surface area contributed by atoms with E-state index >= 15 is 0 Å². The Labute approximate surface area is 137 Å². The number of benzene rings is 2. The molecule has 1 heterocycles. The minimum absolute atomic E-state index is 0. The van der Waals surface area contributed by atoms with Gasteiger partial charge in [0, 0.05) is 13.1 Å². The predicted molar refractivity (Wildman–Crippen MR) is 73.4 cm³/mol. The minimum Gasteiger partial charge on any atom is -1.00 e. The Balaban J connectivity index is 0.000001000. The van der Waals surface area contributed by atoms with Crippen molar-refractivity contribution in [1.29, 1.82) is 0 Å². The molecule has 0 bridgehead atoms. The van der Waals surface area contributed by atoms with Crippen molar-refractivity contribution in [2.45, 2.75) is 12.1 Å². The Bertz CT molecular complexity index is 463. The molecule has 2 aromatic carbocycles. The summed E-state index contributed by atoms with van der Waals surface area (Å²) < 4.78 is 0. The van der Waals surface area contributed by atoms with E-state index in [9.17, 15) is 5.11 Å². The fourth-order valence-electron chi connectivity index (χ4n) is 2.58. The maximum Gasteiger partial charge on any atom is 1.00 e. The first-order chi connectivity index (χ1) is 8.84. The molecule has 1 aliphatic heterocycles. The predicted octanol–water partition coefficient (Wildman–Crippen LogP) is -0.431. The van der Waals surface area contributed by atoms with Gasteiger partial charge in [0.05, 0.1) is 12.1 Å². The average Bonchev–Trinajstić information content (AvgIpc) is 2.40. The van der Waals surface area contributed by atoms with Crippen LogP contribution in [0.2, 0.25) is 0 Å². The Morgan fingerprint density at radius 2 is 1.32 bits per heavy atom.